The molecule has 6 rings (SSSR count). The lowest BCUT2D eigenvalue weighted by Crippen LogP contribution is -2.44. The Hall–Kier alpha value is -4.09. The zero-order valence-corrected chi connectivity index (χ0v) is 20.9. The fraction of sp³-hybridized carbons (Fsp3) is 0.500. The number of aryl methyl sites for hydroxylation is 2. The van der Waals surface area contributed by atoms with Crippen molar-refractivity contribution in [3.63, 3.8) is 0 Å². The molecule has 0 atom stereocenters. The van der Waals surface area contributed by atoms with Crippen molar-refractivity contribution in [1.82, 2.24) is 34.2 Å². The van der Waals surface area contributed by atoms with Crippen LogP contribution in [0.15, 0.2) is 48.1 Å². The molecule has 0 aliphatic heterocycles. The lowest BCUT2D eigenvalue weighted by molar-refractivity contribution is 0.375. The monoisotopic (exact) mass is 519 g/mol. The van der Waals surface area contributed by atoms with E-state index in [1.807, 2.05) is 6.07 Å². The molecule has 4 heterocycles. The fourth-order valence-corrected chi connectivity index (χ4v) is 5.57. The summed E-state index contributed by atoms with van der Waals surface area (Å²) >= 11 is 0. The van der Waals surface area contributed by atoms with E-state index in [-0.39, 0.29) is 17.6 Å². The summed E-state index contributed by atoms with van der Waals surface area (Å²) in [6.45, 7) is 0.456. The van der Waals surface area contributed by atoms with E-state index in [4.69, 9.17) is 4.52 Å². The molecule has 0 aromatic carbocycles. The number of fused-ring (bicyclic) bond motifs is 1. The third kappa shape index (κ3) is 4.66. The van der Waals surface area contributed by atoms with Crippen molar-refractivity contribution in [3.05, 3.63) is 71.9 Å². The van der Waals surface area contributed by atoms with Crippen molar-refractivity contribution in [2.24, 2.45) is 11.3 Å². The first-order chi connectivity index (χ1) is 18.4. The van der Waals surface area contributed by atoms with Crippen LogP contribution in [0.25, 0.3) is 22.6 Å². The minimum Gasteiger partial charge on any atom is -0.332 e. The summed E-state index contributed by atoms with van der Waals surface area (Å²) in [5.41, 5.74) is -1.92. The molecule has 12 heteroatoms. The van der Waals surface area contributed by atoms with Crippen LogP contribution < -0.4 is 22.5 Å². The number of nitrogens with one attached hydrogen (secondary N) is 2. The van der Waals surface area contributed by atoms with Gasteiger partial charge in [-0.15, -0.1) is 0 Å². The van der Waals surface area contributed by atoms with E-state index < -0.39 is 22.5 Å². The van der Waals surface area contributed by atoms with Crippen LogP contribution in [-0.2, 0) is 19.5 Å². The van der Waals surface area contributed by atoms with Crippen molar-refractivity contribution in [2.45, 2.75) is 70.9 Å². The second-order valence-corrected chi connectivity index (χ2v) is 10.5. The van der Waals surface area contributed by atoms with Gasteiger partial charge < -0.3 is 9.51 Å². The molecule has 0 amide bonds. The van der Waals surface area contributed by atoms with Gasteiger partial charge in [0.1, 0.15) is 16.7 Å². The van der Waals surface area contributed by atoms with Crippen LogP contribution in [0.4, 0.5) is 0 Å². The lowest BCUT2D eigenvalue weighted by Gasteiger charge is -2.16. The van der Waals surface area contributed by atoms with Crippen LogP contribution in [0, 0.1) is 11.3 Å². The predicted molar refractivity (Wildman–Crippen MR) is 138 cm³/mol. The highest BCUT2D eigenvalue weighted by atomic mass is 16.5. The van der Waals surface area contributed by atoms with Crippen LogP contribution in [0.5, 0.6) is 0 Å². The Kier molecular flexibility index (Phi) is 6.16. The normalized spacial score (nSPS) is 16.2. The van der Waals surface area contributed by atoms with Gasteiger partial charge in [0.25, 0.3) is 17.0 Å². The molecular weight excluding hydrogens is 490 g/mol. The Bertz CT molecular complexity index is 1700. The molecule has 4 aromatic rings. The van der Waals surface area contributed by atoms with E-state index in [2.05, 4.69) is 25.1 Å². The minimum atomic E-state index is -0.775. The topological polar surface area (TPSA) is 162 Å². The molecular formula is C26H29N7O5. The Morgan fingerprint density at radius 2 is 1.82 bits per heavy atom. The van der Waals surface area contributed by atoms with Crippen LogP contribution in [0.2, 0.25) is 0 Å². The third-order valence-corrected chi connectivity index (χ3v) is 7.88. The maximum Gasteiger partial charge on any atom is 0.331 e. The van der Waals surface area contributed by atoms with Crippen molar-refractivity contribution >= 4 is 11.0 Å². The van der Waals surface area contributed by atoms with Gasteiger partial charge in [0.15, 0.2) is 5.82 Å². The van der Waals surface area contributed by atoms with Gasteiger partial charge in [0.05, 0.1) is 0 Å². The third-order valence-electron chi connectivity index (χ3n) is 7.88. The first-order valence-corrected chi connectivity index (χ1v) is 13.2. The molecule has 0 bridgehead atoms. The molecule has 2 saturated carbocycles. The van der Waals surface area contributed by atoms with E-state index in [1.165, 1.54) is 30.3 Å². The highest BCUT2D eigenvalue weighted by Crippen LogP contribution is 2.63. The highest BCUT2D eigenvalue weighted by Gasteiger charge is 2.52. The number of aromatic amines is 2. The highest BCUT2D eigenvalue weighted by molar-refractivity contribution is 5.71. The molecule has 2 N–H and O–H groups in total. The first kappa shape index (κ1) is 24.3. The summed E-state index contributed by atoms with van der Waals surface area (Å²) in [6, 6.07) is 5.41. The average molecular weight is 520 g/mol. The molecule has 0 spiro atoms. The predicted octanol–water partition coefficient (Wildman–Crippen LogP) is 1.98. The summed E-state index contributed by atoms with van der Waals surface area (Å²) in [7, 11) is 0. The van der Waals surface area contributed by atoms with E-state index >= 15 is 0 Å². The Morgan fingerprint density at radius 3 is 2.55 bits per heavy atom. The number of nitrogens with zero attached hydrogens (tertiary/aromatic N) is 5. The zero-order chi connectivity index (χ0) is 26.3. The summed E-state index contributed by atoms with van der Waals surface area (Å²) < 4.78 is 7.74. The number of unbranched alkanes of at least 4 members (excludes halogenated alkanes) is 1. The average Bonchev–Trinajstić information content (AvgIpc) is 3.84. The molecule has 2 aliphatic rings. The lowest BCUT2D eigenvalue weighted by atomic mass is 9.94. The maximum atomic E-state index is 13.4. The molecule has 38 heavy (non-hydrogen) atoms. The number of rotatable bonds is 11. The SMILES string of the molecule is O=c1[nH]c(=O)c2c([nH]1)c(=O)n(CCCCc1noc(-c3ccccn3)n1)c(=O)n2CCCC1(C2CC2)CC1. The van der Waals surface area contributed by atoms with Gasteiger partial charge in [-0.05, 0) is 74.8 Å². The van der Waals surface area contributed by atoms with Crippen molar-refractivity contribution in [2.75, 3.05) is 0 Å². The molecule has 0 unspecified atom stereocenters. The van der Waals surface area contributed by atoms with E-state index in [9.17, 15) is 19.2 Å². The van der Waals surface area contributed by atoms with Gasteiger partial charge in [-0.25, -0.2) is 9.59 Å². The smallest absolute Gasteiger partial charge is 0.331 e. The van der Waals surface area contributed by atoms with Crippen molar-refractivity contribution in [1.29, 1.82) is 0 Å². The number of hydrogen-bond donors (Lipinski definition) is 2. The van der Waals surface area contributed by atoms with Gasteiger partial charge >= 0.3 is 11.4 Å². The second-order valence-electron chi connectivity index (χ2n) is 10.5. The maximum absolute atomic E-state index is 13.4. The molecule has 2 fully saturated rings. The molecule has 0 saturated heterocycles. The van der Waals surface area contributed by atoms with E-state index in [0.29, 0.717) is 48.6 Å². The number of hydrogen-bond acceptors (Lipinski definition) is 8. The summed E-state index contributed by atoms with van der Waals surface area (Å²) in [5.74, 6) is 1.64. The Morgan fingerprint density at radius 1 is 1.00 bits per heavy atom. The van der Waals surface area contributed by atoms with Gasteiger partial charge in [0, 0.05) is 25.7 Å². The number of pyridine rings is 1. The van der Waals surface area contributed by atoms with Gasteiger partial charge in [-0.2, -0.15) is 4.98 Å². The van der Waals surface area contributed by atoms with Crippen molar-refractivity contribution < 1.29 is 4.52 Å². The standard InChI is InChI=1S/C26H29N7O5/c34-21-20-19(29-24(36)30-21)23(35)33(25(37)32(20)15-5-10-26(11-12-26)16-8-9-16)14-4-2-7-18-28-22(38-31-18)17-6-1-3-13-27-17/h1,3,6,13,16H,2,4-5,7-12,14-15H2,(H2,29,30,34,36). The summed E-state index contributed by atoms with van der Waals surface area (Å²) in [6.07, 6.45) is 9.97. The quantitative estimate of drug-likeness (QED) is 0.284. The molecule has 12 nitrogen and oxygen atoms in total. The van der Waals surface area contributed by atoms with E-state index in [1.54, 1.807) is 18.3 Å². The van der Waals surface area contributed by atoms with E-state index in [0.717, 1.165) is 23.3 Å². The Balaban J connectivity index is 1.19. The van der Waals surface area contributed by atoms with Crippen LogP contribution in [0.1, 0.15) is 57.2 Å². The van der Waals surface area contributed by atoms with Gasteiger partial charge in [-0.3, -0.25) is 28.7 Å². The summed E-state index contributed by atoms with van der Waals surface area (Å²) in [5, 5.41) is 3.98. The largest absolute Gasteiger partial charge is 0.332 e. The molecule has 4 aromatic heterocycles. The second kappa shape index (κ2) is 9.66. The first-order valence-electron chi connectivity index (χ1n) is 13.2. The minimum absolute atomic E-state index is 0.0685. The molecule has 2 aliphatic carbocycles. The fourth-order valence-electron chi connectivity index (χ4n) is 5.57. The molecule has 198 valence electrons. The Labute approximate surface area is 215 Å². The zero-order valence-electron chi connectivity index (χ0n) is 20.9. The van der Waals surface area contributed by atoms with Crippen LogP contribution in [0.3, 0.4) is 0 Å². The van der Waals surface area contributed by atoms with Crippen LogP contribution in [-0.4, -0.2) is 34.2 Å². The number of H-pyrrole nitrogens is 2. The van der Waals surface area contributed by atoms with Gasteiger partial charge in [0.2, 0.25) is 0 Å². The van der Waals surface area contributed by atoms with Crippen molar-refractivity contribution in [3.8, 4) is 11.6 Å². The summed E-state index contributed by atoms with van der Waals surface area (Å²) in [4.78, 5) is 64.3. The number of aromatic nitrogens is 7. The van der Waals surface area contributed by atoms with Gasteiger partial charge in [-0.1, -0.05) is 11.2 Å². The molecule has 0 radical (unpaired) electrons. The van der Waals surface area contributed by atoms with Crippen LogP contribution >= 0.6 is 0 Å².